The Morgan fingerprint density at radius 2 is 1.88 bits per heavy atom. The smallest absolute Gasteiger partial charge is 0.352 e. The van der Waals surface area contributed by atoms with Gasteiger partial charge in [0.1, 0.15) is 17.6 Å². The SMILES string of the molecule is CC(C)C[C@H](NCCn1c(C(=O)O)cc2c(F)cc(F)c(F)c21)C(=O)N1C[C@]2(C[C@H]1C(N)=O)C(=O)Nc1ccccc12. The minimum Gasteiger partial charge on any atom is -0.477 e. The second-order valence-electron chi connectivity index (χ2n) is 11.2. The van der Waals surface area contributed by atoms with Gasteiger partial charge in [-0.15, -0.1) is 0 Å². The normalized spacial score (nSPS) is 20.4. The number of aromatic nitrogens is 1. The van der Waals surface area contributed by atoms with Crippen molar-refractivity contribution < 1.29 is 37.5 Å². The molecule has 3 aromatic rings. The summed E-state index contributed by atoms with van der Waals surface area (Å²) in [4.78, 5) is 52.8. The number of nitrogens with zero attached hydrogens (tertiary/aromatic N) is 2. The number of fused-ring (bicyclic) bond motifs is 3. The Morgan fingerprint density at radius 1 is 1.17 bits per heavy atom. The first-order valence-electron chi connectivity index (χ1n) is 13.5. The van der Waals surface area contributed by atoms with E-state index in [1.165, 1.54) is 4.90 Å². The molecule has 0 bridgehead atoms. The minimum atomic E-state index is -1.47. The summed E-state index contributed by atoms with van der Waals surface area (Å²) in [7, 11) is 0. The van der Waals surface area contributed by atoms with Crippen LogP contribution < -0.4 is 16.4 Å². The molecule has 5 N–H and O–H groups in total. The highest BCUT2D eigenvalue weighted by atomic mass is 19.2. The van der Waals surface area contributed by atoms with Crippen molar-refractivity contribution in [3.8, 4) is 0 Å². The summed E-state index contributed by atoms with van der Waals surface area (Å²) in [6.07, 6.45) is 0.311. The summed E-state index contributed by atoms with van der Waals surface area (Å²) in [5.74, 6) is -7.02. The number of nitrogens with one attached hydrogen (secondary N) is 2. The van der Waals surface area contributed by atoms with Gasteiger partial charge in [-0.1, -0.05) is 32.0 Å². The number of amides is 3. The number of rotatable bonds is 9. The Hall–Kier alpha value is -4.39. The molecule has 1 spiro atoms. The fourth-order valence-corrected chi connectivity index (χ4v) is 6.16. The molecular formula is C29H30F3N5O5. The summed E-state index contributed by atoms with van der Waals surface area (Å²) in [6.45, 7) is 3.35. The Kier molecular flexibility index (Phi) is 7.48. The van der Waals surface area contributed by atoms with E-state index in [4.69, 9.17) is 5.73 Å². The molecule has 2 aromatic carbocycles. The third-order valence-electron chi connectivity index (χ3n) is 8.07. The zero-order valence-corrected chi connectivity index (χ0v) is 22.9. The van der Waals surface area contributed by atoms with Crippen LogP contribution in [0.5, 0.6) is 0 Å². The van der Waals surface area contributed by atoms with Crippen molar-refractivity contribution in [3.63, 3.8) is 0 Å². The maximum Gasteiger partial charge on any atom is 0.352 e. The van der Waals surface area contributed by atoms with E-state index in [9.17, 15) is 37.5 Å². The number of hydrogen-bond acceptors (Lipinski definition) is 5. The second-order valence-corrected chi connectivity index (χ2v) is 11.2. The molecule has 3 atom stereocenters. The first kappa shape index (κ1) is 29.1. The fourth-order valence-electron chi connectivity index (χ4n) is 6.16. The van der Waals surface area contributed by atoms with Gasteiger partial charge in [-0.05, 0) is 36.5 Å². The van der Waals surface area contributed by atoms with Gasteiger partial charge < -0.3 is 30.9 Å². The van der Waals surface area contributed by atoms with Gasteiger partial charge in [0.25, 0.3) is 0 Å². The monoisotopic (exact) mass is 585 g/mol. The number of hydrogen-bond donors (Lipinski definition) is 4. The Labute approximate surface area is 238 Å². The molecule has 42 heavy (non-hydrogen) atoms. The third-order valence-corrected chi connectivity index (χ3v) is 8.07. The number of halogens is 3. The summed E-state index contributed by atoms with van der Waals surface area (Å²) < 4.78 is 44.0. The topological polar surface area (TPSA) is 147 Å². The number of nitrogens with two attached hydrogens (primary N) is 1. The largest absolute Gasteiger partial charge is 0.477 e. The van der Waals surface area contributed by atoms with E-state index in [0.717, 1.165) is 10.6 Å². The Balaban J connectivity index is 1.42. The van der Waals surface area contributed by atoms with Crippen molar-refractivity contribution in [1.82, 2.24) is 14.8 Å². The number of carbonyl (C=O) groups is 4. The summed E-state index contributed by atoms with van der Waals surface area (Å²) >= 11 is 0. The number of primary amides is 1. The molecular weight excluding hydrogens is 555 g/mol. The Morgan fingerprint density at radius 3 is 2.55 bits per heavy atom. The van der Waals surface area contributed by atoms with Crippen LogP contribution in [0.15, 0.2) is 36.4 Å². The van der Waals surface area contributed by atoms with Crippen LogP contribution in [0, 0.1) is 23.4 Å². The van der Waals surface area contributed by atoms with Crippen molar-refractivity contribution in [2.75, 3.05) is 18.4 Å². The van der Waals surface area contributed by atoms with Crippen LogP contribution in [-0.4, -0.2) is 63.4 Å². The van der Waals surface area contributed by atoms with E-state index < -0.39 is 63.9 Å². The number of para-hydroxylation sites is 1. The zero-order chi connectivity index (χ0) is 30.5. The zero-order valence-electron chi connectivity index (χ0n) is 22.9. The van der Waals surface area contributed by atoms with Crippen LogP contribution in [0.4, 0.5) is 18.9 Å². The first-order valence-corrected chi connectivity index (χ1v) is 13.5. The van der Waals surface area contributed by atoms with Crippen LogP contribution in [-0.2, 0) is 26.3 Å². The summed E-state index contributed by atoms with van der Waals surface area (Å²) in [5, 5.41) is 15.1. The van der Waals surface area contributed by atoms with Gasteiger partial charge in [0.2, 0.25) is 17.7 Å². The standard InChI is InChI=1S/C29H30F3N5O5/c1-14(2)9-20(34-7-8-36-21(27(40)41)10-15-17(30)11-18(31)23(32)24(15)36)26(39)37-13-29(12-22(37)25(33)38)16-5-3-4-6-19(16)35-28(29)42/h3-6,10-11,14,20,22,34H,7-9,12-13H2,1-2H3,(H2,33,38)(H,35,42)(H,40,41)/t20-,22-,29-/m0/s1. The van der Waals surface area contributed by atoms with E-state index in [-0.39, 0.29) is 43.3 Å². The van der Waals surface area contributed by atoms with Crippen LogP contribution in [0.3, 0.4) is 0 Å². The molecule has 222 valence electrons. The highest BCUT2D eigenvalue weighted by molar-refractivity contribution is 6.08. The van der Waals surface area contributed by atoms with E-state index in [1.807, 2.05) is 13.8 Å². The molecule has 3 amide bonds. The second kappa shape index (κ2) is 10.8. The quantitative estimate of drug-likeness (QED) is 0.284. The number of likely N-dealkylation sites (tertiary alicyclic amines) is 1. The van der Waals surface area contributed by atoms with Gasteiger partial charge in [0.15, 0.2) is 11.6 Å². The van der Waals surface area contributed by atoms with Crippen molar-refractivity contribution >= 4 is 40.3 Å². The molecule has 0 radical (unpaired) electrons. The average Bonchev–Trinajstić information content (AvgIpc) is 3.59. The number of carboxylic acids is 1. The van der Waals surface area contributed by atoms with Crippen LogP contribution in [0.1, 0.15) is 42.7 Å². The molecule has 0 unspecified atom stereocenters. The highest BCUT2D eigenvalue weighted by Gasteiger charge is 2.57. The predicted molar refractivity (Wildman–Crippen MR) is 146 cm³/mol. The van der Waals surface area contributed by atoms with E-state index in [0.29, 0.717) is 23.7 Å². The molecule has 0 aliphatic carbocycles. The van der Waals surface area contributed by atoms with Crippen LogP contribution in [0.25, 0.3) is 10.9 Å². The number of anilines is 1. The van der Waals surface area contributed by atoms with E-state index >= 15 is 0 Å². The predicted octanol–water partition coefficient (Wildman–Crippen LogP) is 2.74. The highest BCUT2D eigenvalue weighted by Crippen LogP contribution is 2.46. The van der Waals surface area contributed by atoms with Gasteiger partial charge in [0.05, 0.1) is 17.0 Å². The minimum absolute atomic E-state index is 0.00632. The summed E-state index contributed by atoms with van der Waals surface area (Å²) in [5.41, 5.74) is 4.83. The maximum absolute atomic E-state index is 14.7. The lowest BCUT2D eigenvalue weighted by Crippen LogP contribution is -2.53. The lowest BCUT2D eigenvalue weighted by Gasteiger charge is -2.29. The number of carboxylic acid groups (broad SMARTS) is 1. The summed E-state index contributed by atoms with van der Waals surface area (Å²) in [6, 6.07) is 6.38. The molecule has 2 aliphatic heterocycles. The first-order chi connectivity index (χ1) is 19.9. The van der Waals surface area contributed by atoms with Crippen LogP contribution >= 0.6 is 0 Å². The molecule has 10 nitrogen and oxygen atoms in total. The van der Waals surface area contributed by atoms with Crippen molar-refractivity contribution in [2.45, 2.75) is 50.7 Å². The maximum atomic E-state index is 14.7. The molecule has 1 saturated heterocycles. The van der Waals surface area contributed by atoms with Gasteiger partial charge in [0, 0.05) is 36.8 Å². The van der Waals surface area contributed by atoms with Gasteiger partial charge >= 0.3 is 5.97 Å². The molecule has 3 heterocycles. The Bertz CT molecular complexity index is 1620. The number of aromatic carboxylic acids is 1. The molecule has 13 heteroatoms. The fraction of sp³-hybridized carbons (Fsp3) is 0.379. The number of carbonyl (C=O) groups excluding carboxylic acids is 3. The third kappa shape index (κ3) is 4.77. The molecule has 2 aliphatic rings. The van der Waals surface area contributed by atoms with Crippen LogP contribution in [0.2, 0.25) is 0 Å². The van der Waals surface area contributed by atoms with E-state index in [1.54, 1.807) is 24.3 Å². The molecule has 5 rings (SSSR count). The average molecular weight is 586 g/mol. The van der Waals surface area contributed by atoms with Gasteiger partial charge in [-0.2, -0.15) is 0 Å². The molecule has 0 saturated carbocycles. The van der Waals surface area contributed by atoms with Gasteiger partial charge in [-0.3, -0.25) is 14.4 Å². The lowest BCUT2D eigenvalue weighted by molar-refractivity contribution is -0.139. The molecule has 1 aromatic heterocycles. The van der Waals surface area contributed by atoms with Gasteiger partial charge in [-0.25, -0.2) is 18.0 Å². The van der Waals surface area contributed by atoms with Crippen molar-refractivity contribution in [1.29, 1.82) is 0 Å². The van der Waals surface area contributed by atoms with E-state index in [2.05, 4.69) is 10.6 Å². The molecule has 1 fully saturated rings. The lowest BCUT2D eigenvalue weighted by atomic mass is 9.79. The van der Waals surface area contributed by atoms with Crippen molar-refractivity contribution in [2.24, 2.45) is 11.7 Å². The van der Waals surface area contributed by atoms with Crippen molar-refractivity contribution in [3.05, 3.63) is 65.1 Å². The number of benzene rings is 2.